The predicted molar refractivity (Wildman–Crippen MR) is 51.4 cm³/mol. The Morgan fingerprint density at radius 2 is 2.43 bits per heavy atom. The first kappa shape index (κ1) is 11.0. The predicted octanol–water partition coefficient (Wildman–Crippen LogP) is 0.783. The molecule has 1 saturated heterocycles. The van der Waals surface area contributed by atoms with Crippen LogP contribution in [-0.4, -0.2) is 37.6 Å². The summed E-state index contributed by atoms with van der Waals surface area (Å²) >= 11 is 0. The van der Waals surface area contributed by atoms with Gasteiger partial charge in [0.05, 0.1) is 19.2 Å². The SMILES string of the molecule is COC(=O)C[C@@H]1CCN(C)[C@@H](C#N)C1. The van der Waals surface area contributed by atoms with Crippen molar-refractivity contribution in [3.05, 3.63) is 0 Å². The number of hydrogen-bond donors (Lipinski definition) is 0. The highest BCUT2D eigenvalue weighted by atomic mass is 16.5. The number of rotatable bonds is 2. The molecule has 0 N–H and O–H groups in total. The smallest absolute Gasteiger partial charge is 0.305 e. The zero-order valence-electron chi connectivity index (χ0n) is 8.69. The highest BCUT2D eigenvalue weighted by molar-refractivity contribution is 5.69. The quantitative estimate of drug-likeness (QED) is 0.612. The second-order valence-electron chi connectivity index (χ2n) is 3.80. The first-order valence-electron chi connectivity index (χ1n) is 4.84. The minimum Gasteiger partial charge on any atom is -0.469 e. The first-order valence-corrected chi connectivity index (χ1v) is 4.84. The average Bonchev–Trinajstić information content (AvgIpc) is 2.20. The van der Waals surface area contributed by atoms with E-state index in [0.29, 0.717) is 12.3 Å². The Morgan fingerprint density at radius 3 is 3.00 bits per heavy atom. The summed E-state index contributed by atoms with van der Waals surface area (Å²) < 4.78 is 4.61. The summed E-state index contributed by atoms with van der Waals surface area (Å²) in [5, 5.41) is 8.86. The van der Waals surface area contributed by atoms with Crippen molar-refractivity contribution in [1.29, 1.82) is 5.26 Å². The number of nitrogens with zero attached hydrogens (tertiary/aromatic N) is 2. The molecule has 4 heteroatoms. The molecular weight excluding hydrogens is 180 g/mol. The number of hydrogen-bond acceptors (Lipinski definition) is 4. The third kappa shape index (κ3) is 2.71. The van der Waals surface area contributed by atoms with Crippen LogP contribution in [0.3, 0.4) is 0 Å². The summed E-state index contributed by atoms with van der Waals surface area (Å²) in [5.74, 6) is 0.138. The number of carbonyl (C=O) groups is 1. The summed E-state index contributed by atoms with van der Waals surface area (Å²) in [6.07, 6.45) is 2.20. The van der Waals surface area contributed by atoms with Crippen molar-refractivity contribution >= 4 is 5.97 Å². The molecule has 0 amide bonds. The number of carbonyl (C=O) groups excluding carboxylic acids is 1. The molecular formula is C10H16N2O2. The number of piperidine rings is 1. The number of methoxy groups -OCH3 is 1. The lowest BCUT2D eigenvalue weighted by molar-refractivity contribution is -0.142. The standard InChI is InChI=1S/C10H16N2O2/c1-12-4-3-8(5-9(12)7-11)6-10(13)14-2/h8-9H,3-6H2,1-2H3/t8-,9-/m1/s1. The van der Waals surface area contributed by atoms with Gasteiger partial charge < -0.3 is 4.74 Å². The van der Waals surface area contributed by atoms with E-state index in [1.807, 2.05) is 11.9 Å². The fraction of sp³-hybridized carbons (Fsp3) is 0.800. The molecule has 0 aromatic heterocycles. The van der Waals surface area contributed by atoms with Gasteiger partial charge in [-0.3, -0.25) is 9.69 Å². The van der Waals surface area contributed by atoms with Crippen LogP contribution < -0.4 is 0 Å². The molecule has 1 rings (SSSR count). The summed E-state index contributed by atoms with van der Waals surface area (Å²) in [6.45, 7) is 0.889. The molecule has 0 aromatic carbocycles. The van der Waals surface area contributed by atoms with E-state index in [1.165, 1.54) is 7.11 Å². The van der Waals surface area contributed by atoms with E-state index in [4.69, 9.17) is 5.26 Å². The number of esters is 1. The molecule has 2 atom stereocenters. The Morgan fingerprint density at radius 1 is 1.71 bits per heavy atom. The topological polar surface area (TPSA) is 53.3 Å². The Kier molecular flexibility index (Phi) is 3.90. The molecule has 0 aromatic rings. The maximum Gasteiger partial charge on any atom is 0.305 e. The van der Waals surface area contributed by atoms with Crippen molar-refractivity contribution < 1.29 is 9.53 Å². The molecule has 78 valence electrons. The lowest BCUT2D eigenvalue weighted by Gasteiger charge is -2.32. The lowest BCUT2D eigenvalue weighted by Crippen LogP contribution is -2.39. The van der Waals surface area contributed by atoms with Crippen LogP contribution >= 0.6 is 0 Å². The van der Waals surface area contributed by atoms with Crippen LogP contribution in [-0.2, 0) is 9.53 Å². The van der Waals surface area contributed by atoms with Crippen LogP contribution in [0.4, 0.5) is 0 Å². The van der Waals surface area contributed by atoms with Gasteiger partial charge in [0, 0.05) is 6.42 Å². The van der Waals surface area contributed by atoms with E-state index >= 15 is 0 Å². The molecule has 0 bridgehead atoms. The van der Waals surface area contributed by atoms with Gasteiger partial charge in [0.15, 0.2) is 0 Å². The van der Waals surface area contributed by atoms with Crippen LogP contribution in [0.2, 0.25) is 0 Å². The molecule has 0 spiro atoms. The van der Waals surface area contributed by atoms with Crippen molar-refractivity contribution in [2.45, 2.75) is 25.3 Å². The zero-order chi connectivity index (χ0) is 10.6. The van der Waals surface area contributed by atoms with E-state index in [9.17, 15) is 4.79 Å². The van der Waals surface area contributed by atoms with Gasteiger partial charge in [0.2, 0.25) is 0 Å². The molecule has 0 aliphatic carbocycles. The van der Waals surface area contributed by atoms with Crippen molar-refractivity contribution in [3.63, 3.8) is 0 Å². The van der Waals surface area contributed by atoms with Crippen LogP contribution in [0.15, 0.2) is 0 Å². The lowest BCUT2D eigenvalue weighted by atomic mass is 9.89. The summed E-state index contributed by atoms with van der Waals surface area (Å²) in [6, 6.07) is 2.21. The highest BCUT2D eigenvalue weighted by Gasteiger charge is 2.27. The summed E-state index contributed by atoms with van der Waals surface area (Å²) in [7, 11) is 3.35. The molecule has 0 unspecified atom stereocenters. The van der Waals surface area contributed by atoms with Crippen molar-refractivity contribution in [3.8, 4) is 6.07 Å². The monoisotopic (exact) mass is 196 g/mol. The number of ether oxygens (including phenoxy) is 1. The van der Waals surface area contributed by atoms with E-state index < -0.39 is 0 Å². The maximum absolute atomic E-state index is 11.0. The first-order chi connectivity index (χ1) is 6.67. The minimum absolute atomic E-state index is 0.0431. The molecule has 0 saturated carbocycles. The van der Waals surface area contributed by atoms with E-state index in [1.54, 1.807) is 0 Å². The Bertz CT molecular complexity index is 247. The van der Waals surface area contributed by atoms with Gasteiger partial charge in [0.1, 0.15) is 0 Å². The average molecular weight is 196 g/mol. The molecule has 1 fully saturated rings. The van der Waals surface area contributed by atoms with E-state index in [2.05, 4.69) is 10.8 Å². The second-order valence-corrected chi connectivity index (χ2v) is 3.80. The van der Waals surface area contributed by atoms with Crippen molar-refractivity contribution in [2.75, 3.05) is 20.7 Å². The number of likely N-dealkylation sites (tertiary alicyclic amines) is 1. The van der Waals surface area contributed by atoms with Gasteiger partial charge >= 0.3 is 5.97 Å². The van der Waals surface area contributed by atoms with Crippen molar-refractivity contribution in [2.24, 2.45) is 5.92 Å². The van der Waals surface area contributed by atoms with Gasteiger partial charge in [-0.2, -0.15) is 5.26 Å². The molecule has 1 heterocycles. The summed E-state index contributed by atoms with van der Waals surface area (Å²) in [4.78, 5) is 13.1. The highest BCUT2D eigenvalue weighted by Crippen LogP contribution is 2.24. The van der Waals surface area contributed by atoms with Gasteiger partial charge in [-0.25, -0.2) is 0 Å². The minimum atomic E-state index is -0.170. The van der Waals surface area contributed by atoms with Crippen LogP contribution in [0.5, 0.6) is 0 Å². The Hall–Kier alpha value is -1.08. The summed E-state index contributed by atoms with van der Waals surface area (Å²) in [5.41, 5.74) is 0. The fourth-order valence-electron chi connectivity index (χ4n) is 1.81. The fourth-order valence-corrected chi connectivity index (χ4v) is 1.81. The molecule has 14 heavy (non-hydrogen) atoms. The normalized spacial score (nSPS) is 28.1. The van der Waals surface area contributed by atoms with E-state index in [0.717, 1.165) is 19.4 Å². The molecule has 0 radical (unpaired) electrons. The Balaban J connectivity index is 2.43. The van der Waals surface area contributed by atoms with Gasteiger partial charge in [-0.05, 0) is 32.4 Å². The Labute approximate surface area is 84.4 Å². The molecule has 4 nitrogen and oxygen atoms in total. The third-order valence-corrected chi connectivity index (χ3v) is 2.81. The van der Waals surface area contributed by atoms with Gasteiger partial charge in [0.25, 0.3) is 0 Å². The maximum atomic E-state index is 11.0. The molecule has 1 aliphatic rings. The largest absolute Gasteiger partial charge is 0.469 e. The van der Waals surface area contributed by atoms with Gasteiger partial charge in [-0.15, -0.1) is 0 Å². The third-order valence-electron chi connectivity index (χ3n) is 2.81. The molecule has 1 aliphatic heterocycles. The van der Waals surface area contributed by atoms with E-state index in [-0.39, 0.29) is 12.0 Å². The zero-order valence-corrected chi connectivity index (χ0v) is 8.69. The van der Waals surface area contributed by atoms with Crippen molar-refractivity contribution in [1.82, 2.24) is 4.90 Å². The van der Waals surface area contributed by atoms with Crippen LogP contribution in [0, 0.1) is 17.2 Å². The van der Waals surface area contributed by atoms with Crippen LogP contribution in [0.1, 0.15) is 19.3 Å². The second kappa shape index (κ2) is 4.97. The van der Waals surface area contributed by atoms with Crippen LogP contribution in [0.25, 0.3) is 0 Å². The van der Waals surface area contributed by atoms with Gasteiger partial charge in [-0.1, -0.05) is 0 Å². The number of nitriles is 1.